The molecular formula is C17H28N2O4. The summed E-state index contributed by atoms with van der Waals surface area (Å²) in [5, 5.41) is 11.4. The average Bonchev–Trinajstić information content (AvgIpc) is 3.07. The van der Waals surface area contributed by atoms with E-state index in [0.717, 1.165) is 19.3 Å². The third-order valence-electron chi connectivity index (χ3n) is 5.14. The second-order valence-corrected chi connectivity index (χ2v) is 8.35. The number of likely N-dealkylation sites (tertiary alicyclic amines) is 1. The molecule has 0 unspecified atom stereocenters. The normalized spacial score (nSPS) is 23.9. The summed E-state index contributed by atoms with van der Waals surface area (Å²) in [6.45, 7) is 9.73. The monoisotopic (exact) mass is 324 g/mol. The highest BCUT2D eigenvalue weighted by molar-refractivity contribution is 5.94. The number of carbonyl (C=O) groups is 3. The van der Waals surface area contributed by atoms with E-state index in [0.29, 0.717) is 6.54 Å². The molecule has 0 bridgehead atoms. The van der Waals surface area contributed by atoms with Gasteiger partial charge in [-0.25, -0.2) is 4.79 Å². The number of amides is 2. The molecule has 1 aliphatic carbocycles. The molecule has 0 aromatic carbocycles. The number of carboxylic acid groups (broad SMARTS) is 1. The molecule has 0 radical (unpaired) electrons. The van der Waals surface area contributed by atoms with Crippen LogP contribution in [-0.2, 0) is 9.59 Å². The Morgan fingerprint density at radius 3 is 2.13 bits per heavy atom. The first-order chi connectivity index (χ1) is 10.5. The topological polar surface area (TPSA) is 86.7 Å². The van der Waals surface area contributed by atoms with Gasteiger partial charge in [0, 0.05) is 12.5 Å². The number of Topliss-reactive ketones (excluding diaryl/α,β-unsaturated/α-hetero) is 1. The number of hydrogen-bond donors (Lipinski definition) is 2. The van der Waals surface area contributed by atoms with Gasteiger partial charge in [0.1, 0.15) is 6.04 Å². The fourth-order valence-electron chi connectivity index (χ4n) is 3.57. The molecule has 130 valence electrons. The highest BCUT2D eigenvalue weighted by Crippen LogP contribution is 2.57. The van der Waals surface area contributed by atoms with Crippen LogP contribution in [0.1, 0.15) is 53.9 Å². The van der Waals surface area contributed by atoms with Gasteiger partial charge in [-0.15, -0.1) is 0 Å². The average molecular weight is 324 g/mol. The van der Waals surface area contributed by atoms with E-state index in [1.165, 1.54) is 0 Å². The van der Waals surface area contributed by atoms with Gasteiger partial charge in [0.2, 0.25) is 5.91 Å². The van der Waals surface area contributed by atoms with Crippen molar-refractivity contribution < 1.29 is 19.5 Å². The molecule has 6 nitrogen and oxygen atoms in total. The van der Waals surface area contributed by atoms with E-state index in [1.54, 1.807) is 4.90 Å². The Labute approximate surface area is 137 Å². The largest absolute Gasteiger partial charge is 0.465 e. The highest BCUT2D eigenvalue weighted by atomic mass is 16.4. The Balaban J connectivity index is 2.28. The van der Waals surface area contributed by atoms with Gasteiger partial charge in [0.25, 0.3) is 0 Å². The summed E-state index contributed by atoms with van der Waals surface area (Å²) < 4.78 is 0. The van der Waals surface area contributed by atoms with E-state index in [4.69, 9.17) is 5.11 Å². The van der Waals surface area contributed by atoms with E-state index in [2.05, 4.69) is 5.32 Å². The zero-order valence-electron chi connectivity index (χ0n) is 14.7. The van der Waals surface area contributed by atoms with Crippen molar-refractivity contribution in [2.24, 2.45) is 16.7 Å². The van der Waals surface area contributed by atoms with Crippen LogP contribution in [0.4, 0.5) is 4.79 Å². The Morgan fingerprint density at radius 2 is 1.74 bits per heavy atom. The van der Waals surface area contributed by atoms with Crippen molar-refractivity contribution in [3.8, 4) is 0 Å². The second-order valence-electron chi connectivity index (χ2n) is 8.35. The number of ketones is 1. The van der Waals surface area contributed by atoms with Crippen LogP contribution in [-0.4, -0.2) is 46.4 Å². The molecule has 0 aromatic rings. The van der Waals surface area contributed by atoms with Gasteiger partial charge in [-0.05, 0) is 30.1 Å². The van der Waals surface area contributed by atoms with Crippen molar-refractivity contribution in [3.63, 3.8) is 0 Å². The maximum atomic E-state index is 13.0. The van der Waals surface area contributed by atoms with E-state index >= 15 is 0 Å². The number of nitrogens with zero attached hydrogens (tertiary/aromatic N) is 1. The lowest BCUT2D eigenvalue weighted by atomic mass is 9.84. The number of nitrogens with one attached hydrogen (secondary N) is 1. The van der Waals surface area contributed by atoms with Gasteiger partial charge in [0.05, 0.1) is 6.04 Å². The maximum Gasteiger partial charge on any atom is 0.405 e. The Bertz CT molecular complexity index is 517. The van der Waals surface area contributed by atoms with Crippen molar-refractivity contribution in [1.82, 2.24) is 10.2 Å². The van der Waals surface area contributed by atoms with Crippen molar-refractivity contribution in [2.75, 3.05) is 6.54 Å². The molecule has 1 saturated heterocycles. The van der Waals surface area contributed by atoms with Crippen LogP contribution < -0.4 is 5.32 Å². The summed E-state index contributed by atoms with van der Waals surface area (Å²) in [5.74, 6) is -0.314. The van der Waals surface area contributed by atoms with E-state index < -0.39 is 23.6 Å². The summed E-state index contributed by atoms with van der Waals surface area (Å²) >= 11 is 0. The van der Waals surface area contributed by atoms with Gasteiger partial charge >= 0.3 is 6.09 Å². The maximum absolute atomic E-state index is 13.0. The zero-order chi connectivity index (χ0) is 17.6. The summed E-state index contributed by atoms with van der Waals surface area (Å²) in [6.07, 6.45) is 1.58. The zero-order valence-corrected chi connectivity index (χ0v) is 14.7. The second kappa shape index (κ2) is 5.80. The van der Waals surface area contributed by atoms with Crippen LogP contribution in [0.25, 0.3) is 0 Å². The number of carbonyl (C=O) groups excluding carboxylic acids is 2. The Hall–Kier alpha value is -1.59. The molecule has 2 N–H and O–H groups in total. The molecule has 2 rings (SSSR count). The summed E-state index contributed by atoms with van der Waals surface area (Å²) in [5.41, 5.74) is -0.608. The standard InChI is InChI=1S/C17H28N2O4/c1-10(2)11(20)13-17(6-7-17)8-9-19(13)14(21)12(16(3,4)5)18-15(22)23/h10,12-13,18H,6-9H2,1-5H3,(H,22,23)/t12-,13-/m1/s1. The molecule has 2 aliphatic rings. The van der Waals surface area contributed by atoms with Crippen LogP contribution in [0, 0.1) is 16.7 Å². The summed E-state index contributed by atoms with van der Waals surface area (Å²) in [6, 6.07) is -1.24. The highest BCUT2D eigenvalue weighted by Gasteiger charge is 2.60. The quantitative estimate of drug-likeness (QED) is 0.830. The van der Waals surface area contributed by atoms with Crippen molar-refractivity contribution >= 4 is 17.8 Å². The summed E-state index contributed by atoms with van der Waals surface area (Å²) in [4.78, 5) is 38.4. The Kier molecular flexibility index (Phi) is 4.48. The van der Waals surface area contributed by atoms with E-state index in [9.17, 15) is 14.4 Å². The van der Waals surface area contributed by atoms with Crippen molar-refractivity contribution in [3.05, 3.63) is 0 Å². The minimum Gasteiger partial charge on any atom is -0.465 e. The molecule has 2 atom stereocenters. The van der Waals surface area contributed by atoms with Gasteiger partial charge < -0.3 is 15.3 Å². The molecule has 1 heterocycles. The predicted molar refractivity (Wildman–Crippen MR) is 86.0 cm³/mol. The summed E-state index contributed by atoms with van der Waals surface area (Å²) in [7, 11) is 0. The molecular weight excluding hydrogens is 296 g/mol. The van der Waals surface area contributed by atoms with E-state index in [-0.39, 0.29) is 23.0 Å². The molecule has 1 saturated carbocycles. The van der Waals surface area contributed by atoms with E-state index in [1.807, 2.05) is 34.6 Å². The minimum atomic E-state index is -1.22. The SMILES string of the molecule is CC(C)C(=O)[C@H]1N(C(=O)[C@@H](NC(=O)O)C(C)(C)C)CCC12CC2. The predicted octanol–water partition coefficient (Wildman–Crippen LogP) is 2.27. The smallest absolute Gasteiger partial charge is 0.405 e. The molecule has 2 fully saturated rings. The fourth-order valence-corrected chi connectivity index (χ4v) is 3.57. The van der Waals surface area contributed by atoms with Gasteiger partial charge in [-0.3, -0.25) is 9.59 Å². The first-order valence-electron chi connectivity index (χ1n) is 8.33. The lowest BCUT2D eigenvalue weighted by Gasteiger charge is -2.36. The van der Waals surface area contributed by atoms with Crippen LogP contribution in [0.3, 0.4) is 0 Å². The van der Waals surface area contributed by atoms with Crippen LogP contribution in [0.2, 0.25) is 0 Å². The minimum absolute atomic E-state index is 0.0529. The van der Waals surface area contributed by atoms with Gasteiger partial charge in [-0.1, -0.05) is 34.6 Å². The fraction of sp³-hybridized carbons (Fsp3) is 0.824. The molecule has 23 heavy (non-hydrogen) atoms. The van der Waals surface area contributed by atoms with Crippen LogP contribution >= 0.6 is 0 Å². The van der Waals surface area contributed by atoms with Gasteiger partial charge in [-0.2, -0.15) is 0 Å². The van der Waals surface area contributed by atoms with Crippen molar-refractivity contribution in [1.29, 1.82) is 0 Å². The lowest BCUT2D eigenvalue weighted by molar-refractivity contribution is -0.143. The third kappa shape index (κ3) is 3.35. The first kappa shape index (κ1) is 17.8. The lowest BCUT2D eigenvalue weighted by Crippen LogP contribution is -2.57. The molecule has 6 heteroatoms. The van der Waals surface area contributed by atoms with Gasteiger partial charge in [0.15, 0.2) is 5.78 Å². The van der Waals surface area contributed by atoms with Crippen LogP contribution in [0.15, 0.2) is 0 Å². The molecule has 1 spiro atoms. The molecule has 2 amide bonds. The number of rotatable bonds is 4. The van der Waals surface area contributed by atoms with Crippen LogP contribution in [0.5, 0.6) is 0 Å². The van der Waals surface area contributed by atoms with Crippen molar-refractivity contribution in [2.45, 2.75) is 66.0 Å². The Morgan fingerprint density at radius 1 is 1.17 bits per heavy atom. The first-order valence-corrected chi connectivity index (χ1v) is 8.33. The third-order valence-corrected chi connectivity index (χ3v) is 5.14. The number of hydrogen-bond acceptors (Lipinski definition) is 3. The molecule has 0 aromatic heterocycles. The molecule has 1 aliphatic heterocycles.